The topological polar surface area (TPSA) is 108 Å². The molecule has 0 unspecified atom stereocenters. The number of para-hydroxylation sites is 1. The first kappa shape index (κ1) is 20.8. The van der Waals surface area contributed by atoms with Gasteiger partial charge in [-0.2, -0.15) is 5.11 Å². The van der Waals surface area contributed by atoms with Crippen LogP contribution in [0.3, 0.4) is 0 Å². The van der Waals surface area contributed by atoms with Crippen molar-refractivity contribution in [3.8, 4) is 0 Å². The fraction of sp³-hybridized carbons (Fsp3) is 0. The predicted octanol–water partition coefficient (Wildman–Crippen LogP) is 5.91. The van der Waals surface area contributed by atoms with Crippen LogP contribution >= 0.6 is 23.2 Å². The zero-order valence-electron chi connectivity index (χ0n) is 14.6. The van der Waals surface area contributed by atoms with E-state index in [4.69, 9.17) is 23.2 Å². The summed E-state index contributed by atoms with van der Waals surface area (Å²) in [6.45, 7) is 0. The standard InChI is InChI=1S/C19H13Cl2N3O4S/c20-14-11-15(21)18(10-13(14)19(25)26)29(27,28)24-17-9-5-4-8-16(17)23-22-12-6-2-1-3-7-12/h1-11,24H,(H,25,26). The van der Waals surface area contributed by atoms with Gasteiger partial charge in [-0.05, 0) is 36.4 Å². The van der Waals surface area contributed by atoms with Gasteiger partial charge in [-0.1, -0.05) is 53.5 Å². The number of carboxylic acid groups (broad SMARTS) is 1. The molecular weight excluding hydrogens is 437 g/mol. The van der Waals surface area contributed by atoms with E-state index < -0.39 is 20.9 Å². The number of benzene rings is 3. The maximum absolute atomic E-state index is 12.8. The second kappa shape index (κ2) is 8.60. The molecular formula is C19H13Cl2N3O4S. The van der Waals surface area contributed by atoms with Gasteiger partial charge in [-0.3, -0.25) is 4.72 Å². The Morgan fingerprint density at radius 2 is 1.55 bits per heavy atom. The molecule has 0 saturated heterocycles. The van der Waals surface area contributed by atoms with Crippen LogP contribution in [0.15, 0.2) is 81.9 Å². The van der Waals surface area contributed by atoms with E-state index in [0.717, 1.165) is 12.1 Å². The fourth-order valence-corrected chi connectivity index (χ4v) is 4.28. The van der Waals surface area contributed by atoms with Crippen molar-refractivity contribution in [1.82, 2.24) is 0 Å². The summed E-state index contributed by atoms with van der Waals surface area (Å²) < 4.78 is 28.0. The number of carbonyl (C=O) groups is 1. The Hall–Kier alpha value is -2.94. The summed E-state index contributed by atoms with van der Waals surface area (Å²) in [5, 5.41) is 17.0. The highest BCUT2D eigenvalue weighted by molar-refractivity contribution is 7.92. The number of hydrogen-bond donors (Lipinski definition) is 2. The first-order valence-electron chi connectivity index (χ1n) is 8.09. The van der Waals surface area contributed by atoms with Crippen LogP contribution in [0, 0.1) is 0 Å². The Morgan fingerprint density at radius 3 is 2.24 bits per heavy atom. The minimum atomic E-state index is -4.23. The smallest absolute Gasteiger partial charge is 0.337 e. The molecule has 0 amide bonds. The van der Waals surface area contributed by atoms with Gasteiger partial charge in [0.25, 0.3) is 10.0 Å². The lowest BCUT2D eigenvalue weighted by Gasteiger charge is -2.12. The Balaban J connectivity index is 1.97. The van der Waals surface area contributed by atoms with Gasteiger partial charge < -0.3 is 5.11 Å². The van der Waals surface area contributed by atoms with E-state index in [1.165, 1.54) is 6.07 Å². The number of carboxylic acids is 1. The molecule has 0 spiro atoms. The van der Waals surface area contributed by atoms with Crippen LogP contribution in [-0.4, -0.2) is 19.5 Å². The molecule has 0 heterocycles. The second-order valence-electron chi connectivity index (χ2n) is 5.73. The van der Waals surface area contributed by atoms with Crippen LogP contribution in [0.2, 0.25) is 10.0 Å². The van der Waals surface area contributed by atoms with Crippen LogP contribution < -0.4 is 4.72 Å². The highest BCUT2D eigenvalue weighted by Gasteiger charge is 2.23. The molecule has 10 heteroatoms. The SMILES string of the molecule is O=C(O)c1cc(S(=O)(=O)Nc2ccccc2N=Nc2ccccc2)c(Cl)cc1Cl. The maximum Gasteiger partial charge on any atom is 0.337 e. The third-order valence-electron chi connectivity index (χ3n) is 3.72. The van der Waals surface area contributed by atoms with Gasteiger partial charge in [0.15, 0.2) is 0 Å². The Kier molecular flexibility index (Phi) is 6.17. The normalized spacial score (nSPS) is 11.5. The average molecular weight is 450 g/mol. The number of halogens is 2. The molecule has 0 atom stereocenters. The van der Waals surface area contributed by atoms with E-state index in [-0.39, 0.29) is 27.0 Å². The van der Waals surface area contributed by atoms with Crippen LogP contribution in [-0.2, 0) is 10.0 Å². The first-order valence-corrected chi connectivity index (χ1v) is 10.3. The van der Waals surface area contributed by atoms with E-state index in [0.29, 0.717) is 5.69 Å². The van der Waals surface area contributed by atoms with Crippen molar-refractivity contribution in [1.29, 1.82) is 0 Å². The molecule has 0 aliphatic heterocycles. The fourth-order valence-electron chi connectivity index (χ4n) is 2.35. The van der Waals surface area contributed by atoms with Crippen molar-refractivity contribution in [3.63, 3.8) is 0 Å². The highest BCUT2D eigenvalue weighted by atomic mass is 35.5. The number of azo groups is 1. The summed E-state index contributed by atoms with van der Waals surface area (Å²) in [7, 11) is -4.23. The van der Waals surface area contributed by atoms with Gasteiger partial charge in [0.1, 0.15) is 10.6 Å². The minimum Gasteiger partial charge on any atom is -0.478 e. The van der Waals surface area contributed by atoms with Crippen LogP contribution in [0.1, 0.15) is 10.4 Å². The lowest BCUT2D eigenvalue weighted by atomic mass is 10.2. The van der Waals surface area contributed by atoms with Crippen molar-refractivity contribution in [3.05, 3.63) is 82.3 Å². The van der Waals surface area contributed by atoms with Gasteiger partial charge in [0.05, 0.1) is 27.0 Å². The third kappa shape index (κ3) is 4.92. The van der Waals surface area contributed by atoms with Gasteiger partial charge in [-0.25, -0.2) is 13.2 Å². The molecule has 3 aromatic carbocycles. The summed E-state index contributed by atoms with van der Waals surface area (Å²) in [5.41, 5.74) is 0.629. The molecule has 0 aliphatic carbocycles. The quantitative estimate of drug-likeness (QED) is 0.455. The summed E-state index contributed by atoms with van der Waals surface area (Å²) in [6.07, 6.45) is 0. The third-order valence-corrected chi connectivity index (χ3v) is 5.86. The molecule has 148 valence electrons. The van der Waals surface area contributed by atoms with Crippen LogP contribution in [0.4, 0.5) is 17.1 Å². The molecule has 0 fully saturated rings. The van der Waals surface area contributed by atoms with E-state index in [2.05, 4.69) is 15.0 Å². The average Bonchev–Trinajstić information content (AvgIpc) is 2.67. The number of sulfonamides is 1. The summed E-state index contributed by atoms with van der Waals surface area (Å²) >= 11 is 11.8. The van der Waals surface area contributed by atoms with Gasteiger partial charge in [0.2, 0.25) is 0 Å². The molecule has 0 bridgehead atoms. The molecule has 0 radical (unpaired) electrons. The maximum atomic E-state index is 12.8. The zero-order valence-corrected chi connectivity index (χ0v) is 16.9. The van der Waals surface area contributed by atoms with Crippen LogP contribution in [0.5, 0.6) is 0 Å². The van der Waals surface area contributed by atoms with Gasteiger partial charge >= 0.3 is 5.97 Å². The lowest BCUT2D eigenvalue weighted by molar-refractivity contribution is 0.0697. The molecule has 29 heavy (non-hydrogen) atoms. The number of nitrogens with one attached hydrogen (secondary N) is 1. The number of nitrogens with zero attached hydrogens (tertiary/aromatic N) is 2. The molecule has 0 aliphatic rings. The monoisotopic (exact) mass is 449 g/mol. The Labute approximate surface area is 176 Å². The molecule has 3 aromatic rings. The van der Waals surface area contributed by atoms with Crippen LogP contribution in [0.25, 0.3) is 0 Å². The number of anilines is 1. The van der Waals surface area contributed by atoms with E-state index >= 15 is 0 Å². The molecule has 0 aromatic heterocycles. The van der Waals surface area contributed by atoms with Gasteiger partial charge in [-0.15, -0.1) is 5.11 Å². The van der Waals surface area contributed by atoms with Crippen molar-refractivity contribution in [2.45, 2.75) is 4.90 Å². The largest absolute Gasteiger partial charge is 0.478 e. The molecule has 3 rings (SSSR count). The predicted molar refractivity (Wildman–Crippen MR) is 111 cm³/mol. The minimum absolute atomic E-state index is 0.148. The Morgan fingerprint density at radius 1 is 0.897 bits per heavy atom. The highest BCUT2D eigenvalue weighted by Crippen LogP contribution is 2.33. The van der Waals surface area contributed by atoms with E-state index in [1.54, 1.807) is 42.5 Å². The van der Waals surface area contributed by atoms with Crippen molar-refractivity contribution in [2.24, 2.45) is 10.2 Å². The molecule has 2 N–H and O–H groups in total. The first-order chi connectivity index (χ1) is 13.8. The molecule has 0 saturated carbocycles. The lowest BCUT2D eigenvalue weighted by Crippen LogP contribution is -2.14. The summed E-state index contributed by atoms with van der Waals surface area (Å²) in [6, 6.07) is 17.3. The summed E-state index contributed by atoms with van der Waals surface area (Å²) in [5.74, 6) is -1.37. The Bertz CT molecular complexity index is 1200. The zero-order chi connectivity index (χ0) is 21.0. The van der Waals surface area contributed by atoms with Crippen molar-refractivity contribution >= 4 is 56.3 Å². The van der Waals surface area contributed by atoms with Gasteiger partial charge in [0, 0.05) is 0 Å². The van der Waals surface area contributed by atoms with E-state index in [9.17, 15) is 18.3 Å². The number of hydrogen-bond acceptors (Lipinski definition) is 5. The molecule has 7 nitrogen and oxygen atoms in total. The number of aromatic carboxylic acids is 1. The van der Waals surface area contributed by atoms with Crippen molar-refractivity contribution in [2.75, 3.05) is 4.72 Å². The van der Waals surface area contributed by atoms with E-state index in [1.807, 2.05) is 6.07 Å². The second-order valence-corrected chi connectivity index (χ2v) is 8.19. The van der Waals surface area contributed by atoms with Crippen molar-refractivity contribution < 1.29 is 18.3 Å². The number of rotatable bonds is 6. The summed E-state index contributed by atoms with van der Waals surface area (Å²) in [4.78, 5) is 10.9.